The smallest absolute Gasteiger partial charge is 0.0172 e. The molecule has 0 bridgehead atoms. The van der Waals surface area contributed by atoms with E-state index in [1.54, 1.807) is 0 Å². The molecule has 0 nitrogen and oxygen atoms in total. The molecular formula is C9H15S. The summed E-state index contributed by atoms with van der Waals surface area (Å²) in [5.74, 6) is 6.51. The largest absolute Gasteiger partial charge is 0.158 e. The summed E-state index contributed by atoms with van der Waals surface area (Å²) in [6.07, 6.45) is 7.62. The summed E-state index contributed by atoms with van der Waals surface area (Å²) in [5.41, 5.74) is 0. The first kappa shape index (κ1) is 9.91. The molecule has 1 heteroatoms. The Labute approximate surface area is 68.8 Å². The van der Waals surface area contributed by atoms with Gasteiger partial charge in [-0.2, -0.15) is 11.8 Å². The van der Waals surface area contributed by atoms with E-state index in [1.165, 1.54) is 12.2 Å². The van der Waals surface area contributed by atoms with Crippen molar-refractivity contribution in [2.45, 2.75) is 26.7 Å². The number of rotatable bonds is 5. The number of hydrogen-bond donors (Lipinski definition) is 0. The average molecular weight is 155 g/mol. The highest BCUT2D eigenvalue weighted by molar-refractivity contribution is 8.01. The van der Waals surface area contributed by atoms with Crippen molar-refractivity contribution < 1.29 is 0 Å². The van der Waals surface area contributed by atoms with E-state index in [-0.39, 0.29) is 0 Å². The van der Waals surface area contributed by atoms with Crippen molar-refractivity contribution >= 4 is 11.8 Å². The van der Waals surface area contributed by atoms with E-state index in [0.717, 1.165) is 6.42 Å². The van der Waals surface area contributed by atoms with Gasteiger partial charge in [0.2, 0.25) is 0 Å². The van der Waals surface area contributed by atoms with Gasteiger partial charge in [0.05, 0.1) is 0 Å². The molecule has 0 aliphatic rings. The van der Waals surface area contributed by atoms with Crippen molar-refractivity contribution in [3.8, 4) is 12.3 Å². The molecule has 0 aromatic carbocycles. The van der Waals surface area contributed by atoms with Crippen LogP contribution in [0.5, 0.6) is 0 Å². The topological polar surface area (TPSA) is 0 Å². The molecule has 10 heavy (non-hydrogen) atoms. The number of terminal acetylenes is 1. The molecule has 1 radical (unpaired) electrons. The van der Waals surface area contributed by atoms with Crippen LogP contribution in [0, 0.1) is 24.0 Å². The minimum Gasteiger partial charge on any atom is -0.158 e. The summed E-state index contributed by atoms with van der Waals surface area (Å²) in [6, 6.07) is 0. The van der Waals surface area contributed by atoms with Gasteiger partial charge >= 0.3 is 0 Å². The Morgan fingerprint density at radius 3 is 2.90 bits per heavy atom. The maximum Gasteiger partial charge on any atom is 0.0172 e. The van der Waals surface area contributed by atoms with Crippen molar-refractivity contribution in [1.82, 2.24) is 0 Å². The monoisotopic (exact) mass is 155 g/mol. The van der Waals surface area contributed by atoms with Gasteiger partial charge in [-0.05, 0) is 18.6 Å². The van der Waals surface area contributed by atoms with Crippen molar-refractivity contribution in [2.24, 2.45) is 5.92 Å². The highest BCUT2D eigenvalue weighted by atomic mass is 32.2. The molecule has 0 aliphatic heterocycles. The molecule has 0 amide bonds. The van der Waals surface area contributed by atoms with Gasteiger partial charge in [0.15, 0.2) is 0 Å². The van der Waals surface area contributed by atoms with Gasteiger partial charge < -0.3 is 0 Å². The molecule has 1 unspecified atom stereocenters. The minimum absolute atomic E-state index is 0.456. The lowest BCUT2D eigenvalue weighted by Gasteiger charge is -2.01. The zero-order valence-corrected chi connectivity index (χ0v) is 7.58. The van der Waals surface area contributed by atoms with Crippen LogP contribution in [0.3, 0.4) is 0 Å². The predicted molar refractivity (Wildman–Crippen MR) is 49.7 cm³/mol. The van der Waals surface area contributed by atoms with E-state index in [0.29, 0.717) is 5.92 Å². The molecule has 1 atom stereocenters. The predicted octanol–water partition coefficient (Wildman–Crippen LogP) is 2.95. The molecule has 0 saturated heterocycles. The molecule has 0 rings (SSSR count). The summed E-state index contributed by atoms with van der Waals surface area (Å²) in [6.45, 7) is 4.16. The van der Waals surface area contributed by atoms with Gasteiger partial charge in [-0.3, -0.25) is 0 Å². The second-order valence-electron chi connectivity index (χ2n) is 2.32. The number of hydrogen-bond acceptors (Lipinski definition) is 1. The van der Waals surface area contributed by atoms with E-state index < -0.39 is 0 Å². The normalized spacial score (nSPS) is 12.5. The highest BCUT2D eigenvalue weighted by Gasteiger charge is 1.95. The maximum atomic E-state index is 5.22. The van der Waals surface area contributed by atoms with E-state index in [9.17, 15) is 0 Å². The van der Waals surface area contributed by atoms with Crippen molar-refractivity contribution in [1.29, 1.82) is 0 Å². The molecule has 57 valence electrons. The summed E-state index contributed by atoms with van der Waals surface area (Å²) < 4.78 is 0. The Kier molecular flexibility index (Phi) is 6.96. The summed E-state index contributed by atoms with van der Waals surface area (Å²) in [5, 5.41) is 0. The zero-order chi connectivity index (χ0) is 7.82. The lowest BCUT2D eigenvalue weighted by atomic mass is 10.1. The minimum atomic E-state index is 0.456. The van der Waals surface area contributed by atoms with Crippen LogP contribution in [0.2, 0.25) is 0 Å². The zero-order valence-electron chi connectivity index (χ0n) is 6.76. The van der Waals surface area contributed by atoms with Gasteiger partial charge in [0.1, 0.15) is 0 Å². The SMILES string of the molecule is C#CC(C)CCCS[CH]C. The molecule has 0 aromatic rings. The Bertz CT molecular complexity index is 102. The van der Waals surface area contributed by atoms with Gasteiger partial charge in [0.25, 0.3) is 0 Å². The van der Waals surface area contributed by atoms with E-state index in [2.05, 4.69) is 25.5 Å². The van der Waals surface area contributed by atoms with E-state index in [1.807, 2.05) is 11.8 Å². The van der Waals surface area contributed by atoms with Crippen LogP contribution < -0.4 is 0 Å². The maximum absolute atomic E-state index is 5.22. The highest BCUT2D eigenvalue weighted by Crippen LogP contribution is 2.10. The molecule has 0 aromatic heterocycles. The van der Waals surface area contributed by atoms with Crippen molar-refractivity contribution in [3.63, 3.8) is 0 Å². The molecule has 0 aliphatic carbocycles. The molecular weight excluding hydrogens is 140 g/mol. The molecule has 0 saturated carbocycles. The molecule has 0 heterocycles. The fourth-order valence-electron chi connectivity index (χ4n) is 0.674. The van der Waals surface area contributed by atoms with Crippen LogP contribution in [-0.4, -0.2) is 5.75 Å². The van der Waals surface area contributed by atoms with Crippen LogP contribution in [0.4, 0.5) is 0 Å². The first-order valence-corrected chi connectivity index (χ1v) is 4.71. The first-order chi connectivity index (χ1) is 4.81. The molecule has 0 N–H and O–H groups in total. The summed E-state index contributed by atoms with van der Waals surface area (Å²) in [4.78, 5) is 0. The average Bonchev–Trinajstić information content (AvgIpc) is 1.98. The van der Waals surface area contributed by atoms with Gasteiger partial charge in [0, 0.05) is 11.7 Å². The van der Waals surface area contributed by atoms with Crippen LogP contribution in [0.1, 0.15) is 26.7 Å². The molecule has 0 spiro atoms. The van der Waals surface area contributed by atoms with Crippen molar-refractivity contribution in [2.75, 3.05) is 5.75 Å². The van der Waals surface area contributed by atoms with Crippen molar-refractivity contribution in [3.05, 3.63) is 5.75 Å². The van der Waals surface area contributed by atoms with Crippen LogP contribution in [0.15, 0.2) is 0 Å². The van der Waals surface area contributed by atoms with Gasteiger partial charge in [-0.15, -0.1) is 12.3 Å². The molecule has 0 fully saturated rings. The number of thioether (sulfide) groups is 1. The fraction of sp³-hybridized carbons (Fsp3) is 0.667. The second kappa shape index (κ2) is 7.02. The third-order valence-electron chi connectivity index (χ3n) is 1.35. The van der Waals surface area contributed by atoms with Gasteiger partial charge in [-0.1, -0.05) is 13.8 Å². The Hall–Kier alpha value is -0.0900. The fourth-order valence-corrected chi connectivity index (χ4v) is 1.24. The quantitative estimate of drug-likeness (QED) is 0.434. The third-order valence-corrected chi connectivity index (χ3v) is 2.21. The summed E-state index contributed by atoms with van der Waals surface area (Å²) in [7, 11) is 0. The third kappa shape index (κ3) is 6.04. The van der Waals surface area contributed by atoms with Crippen LogP contribution in [0.25, 0.3) is 0 Å². The van der Waals surface area contributed by atoms with E-state index >= 15 is 0 Å². The van der Waals surface area contributed by atoms with Crippen LogP contribution in [-0.2, 0) is 0 Å². The van der Waals surface area contributed by atoms with Crippen LogP contribution >= 0.6 is 11.8 Å². The second-order valence-corrected chi connectivity index (χ2v) is 3.53. The first-order valence-electron chi connectivity index (χ1n) is 3.66. The standard InChI is InChI=1S/C9H15S/c1-4-9(3)7-6-8-10-5-2/h1,5,9H,6-8H2,2-3H3. The Balaban J connectivity index is 2.98. The Morgan fingerprint density at radius 2 is 2.40 bits per heavy atom. The van der Waals surface area contributed by atoms with E-state index in [4.69, 9.17) is 6.42 Å². The Morgan fingerprint density at radius 1 is 1.70 bits per heavy atom. The van der Waals surface area contributed by atoms with Gasteiger partial charge in [-0.25, -0.2) is 0 Å². The lowest BCUT2D eigenvalue weighted by Crippen LogP contribution is -1.90. The lowest BCUT2D eigenvalue weighted by molar-refractivity contribution is 0.658. The summed E-state index contributed by atoms with van der Waals surface area (Å²) >= 11 is 1.87.